The molecule has 0 radical (unpaired) electrons. The summed E-state index contributed by atoms with van der Waals surface area (Å²) in [4.78, 5) is 0. The Morgan fingerprint density at radius 3 is 2.41 bits per heavy atom. The van der Waals surface area contributed by atoms with Gasteiger partial charge in [-0.15, -0.1) is 0 Å². The Morgan fingerprint density at radius 2 is 1.53 bits per heavy atom. The standard InChI is InChI=1S/C15H27NO/c17-14-9-4-2-1-3-7-13(14)15-12-8-5-6-11(12)10-16-15/h11-17H,1-10H2. The number of rotatable bonds is 1. The Hall–Kier alpha value is -0.0800. The van der Waals surface area contributed by atoms with E-state index in [4.69, 9.17) is 0 Å². The van der Waals surface area contributed by atoms with E-state index >= 15 is 0 Å². The van der Waals surface area contributed by atoms with Gasteiger partial charge in [-0.3, -0.25) is 0 Å². The van der Waals surface area contributed by atoms with Crippen LogP contribution in [0.15, 0.2) is 0 Å². The number of nitrogens with one attached hydrogen (secondary N) is 1. The van der Waals surface area contributed by atoms with E-state index in [1.165, 1.54) is 57.9 Å². The predicted molar refractivity (Wildman–Crippen MR) is 69.8 cm³/mol. The lowest BCUT2D eigenvalue weighted by Gasteiger charge is -2.33. The Morgan fingerprint density at radius 1 is 0.765 bits per heavy atom. The molecule has 2 heteroatoms. The summed E-state index contributed by atoms with van der Waals surface area (Å²) in [6.07, 6.45) is 11.8. The Balaban J connectivity index is 1.68. The van der Waals surface area contributed by atoms with E-state index in [2.05, 4.69) is 5.32 Å². The summed E-state index contributed by atoms with van der Waals surface area (Å²) in [5.41, 5.74) is 0. The maximum Gasteiger partial charge on any atom is 0.0583 e. The first-order valence-corrected chi connectivity index (χ1v) is 7.78. The molecular weight excluding hydrogens is 210 g/mol. The molecule has 0 bridgehead atoms. The summed E-state index contributed by atoms with van der Waals surface area (Å²) in [7, 11) is 0. The van der Waals surface area contributed by atoms with Crippen molar-refractivity contribution >= 4 is 0 Å². The zero-order valence-corrected chi connectivity index (χ0v) is 10.9. The van der Waals surface area contributed by atoms with Crippen molar-refractivity contribution in [3.8, 4) is 0 Å². The number of hydrogen-bond acceptors (Lipinski definition) is 2. The van der Waals surface area contributed by atoms with Gasteiger partial charge in [0.2, 0.25) is 0 Å². The molecule has 0 amide bonds. The van der Waals surface area contributed by atoms with E-state index in [9.17, 15) is 5.11 Å². The number of fused-ring (bicyclic) bond motifs is 1. The highest BCUT2D eigenvalue weighted by Gasteiger charge is 2.43. The summed E-state index contributed by atoms with van der Waals surface area (Å²) in [5, 5.41) is 14.2. The zero-order valence-electron chi connectivity index (χ0n) is 10.9. The first kappa shape index (κ1) is 12.0. The number of hydrogen-bond donors (Lipinski definition) is 2. The fourth-order valence-electron chi connectivity index (χ4n) is 4.61. The van der Waals surface area contributed by atoms with Crippen LogP contribution in [0.2, 0.25) is 0 Å². The van der Waals surface area contributed by atoms with Gasteiger partial charge >= 0.3 is 0 Å². The van der Waals surface area contributed by atoms with Gasteiger partial charge in [-0.25, -0.2) is 0 Å². The molecule has 1 saturated heterocycles. The molecule has 0 aromatic carbocycles. The van der Waals surface area contributed by atoms with Crippen molar-refractivity contribution in [1.82, 2.24) is 5.32 Å². The molecule has 0 aromatic heterocycles. The average molecular weight is 237 g/mol. The fraction of sp³-hybridized carbons (Fsp3) is 1.00. The van der Waals surface area contributed by atoms with Crippen molar-refractivity contribution in [3.05, 3.63) is 0 Å². The van der Waals surface area contributed by atoms with Crippen molar-refractivity contribution < 1.29 is 5.11 Å². The van der Waals surface area contributed by atoms with E-state index in [1.807, 2.05) is 0 Å². The van der Waals surface area contributed by atoms with Crippen LogP contribution in [0.25, 0.3) is 0 Å². The molecule has 2 saturated carbocycles. The third-order valence-electron chi connectivity index (χ3n) is 5.54. The molecule has 0 aromatic rings. The lowest BCUT2D eigenvalue weighted by Crippen LogP contribution is -2.42. The third kappa shape index (κ3) is 2.39. The minimum Gasteiger partial charge on any atom is -0.393 e. The highest BCUT2D eigenvalue weighted by molar-refractivity contribution is 4.98. The second-order valence-electron chi connectivity index (χ2n) is 6.51. The topological polar surface area (TPSA) is 32.3 Å². The molecule has 5 atom stereocenters. The molecule has 3 rings (SSSR count). The van der Waals surface area contributed by atoms with Crippen LogP contribution < -0.4 is 5.32 Å². The van der Waals surface area contributed by atoms with Crippen LogP contribution in [0.3, 0.4) is 0 Å². The van der Waals surface area contributed by atoms with E-state index < -0.39 is 0 Å². The van der Waals surface area contributed by atoms with E-state index in [0.29, 0.717) is 12.0 Å². The van der Waals surface area contributed by atoms with Crippen LogP contribution in [0.1, 0.15) is 57.8 Å². The molecule has 1 aliphatic heterocycles. The van der Waals surface area contributed by atoms with Crippen LogP contribution in [0, 0.1) is 17.8 Å². The van der Waals surface area contributed by atoms with Crippen molar-refractivity contribution in [2.24, 2.45) is 17.8 Å². The highest BCUT2D eigenvalue weighted by Crippen LogP contribution is 2.42. The van der Waals surface area contributed by atoms with Crippen LogP contribution in [0.4, 0.5) is 0 Å². The van der Waals surface area contributed by atoms with Crippen molar-refractivity contribution in [2.75, 3.05) is 6.54 Å². The molecule has 3 aliphatic rings. The van der Waals surface area contributed by atoms with Gasteiger partial charge in [-0.1, -0.05) is 32.1 Å². The zero-order chi connectivity index (χ0) is 11.7. The number of aliphatic hydroxyl groups is 1. The molecule has 1 heterocycles. The summed E-state index contributed by atoms with van der Waals surface area (Å²) in [6, 6.07) is 0.635. The van der Waals surface area contributed by atoms with Crippen LogP contribution in [-0.2, 0) is 0 Å². The van der Waals surface area contributed by atoms with E-state index in [-0.39, 0.29) is 6.10 Å². The largest absolute Gasteiger partial charge is 0.393 e. The Kier molecular flexibility index (Phi) is 3.72. The molecule has 0 spiro atoms. The summed E-state index contributed by atoms with van der Waals surface area (Å²) < 4.78 is 0. The second kappa shape index (κ2) is 5.27. The maximum atomic E-state index is 10.4. The van der Waals surface area contributed by atoms with Gasteiger partial charge in [0.1, 0.15) is 0 Å². The smallest absolute Gasteiger partial charge is 0.0583 e. The first-order valence-electron chi connectivity index (χ1n) is 7.78. The minimum atomic E-state index is -0.0350. The quantitative estimate of drug-likeness (QED) is 0.735. The molecule has 3 fully saturated rings. The highest BCUT2D eigenvalue weighted by atomic mass is 16.3. The molecule has 98 valence electrons. The normalized spacial score (nSPS) is 47.5. The molecule has 2 nitrogen and oxygen atoms in total. The average Bonchev–Trinajstić information content (AvgIpc) is 2.87. The lowest BCUT2D eigenvalue weighted by atomic mass is 9.78. The monoisotopic (exact) mass is 237 g/mol. The predicted octanol–water partition coefficient (Wildman–Crippen LogP) is 2.71. The molecular formula is C15H27NO. The maximum absolute atomic E-state index is 10.4. The minimum absolute atomic E-state index is 0.0350. The first-order chi connectivity index (χ1) is 8.36. The van der Waals surface area contributed by atoms with Gasteiger partial charge in [-0.05, 0) is 44.1 Å². The van der Waals surface area contributed by atoms with Gasteiger partial charge in [0.05, 0.1) is 6.10 Å². The van der Waals surface area contributed by atoms with Gasteiger partial charge in [0.25, 0.3) is 0 Å². The fourth-order valence-corrected chi connectivity index (χ4v) is 4.61. The second-order valence-corrected chi connectivity index (χ2v) is 6.51. The van der Waals surface area contributed by atoms with Gasteiger partial charge < -0.3 is 10.4 Å². The molecule has 2 aliphatic carbocycles. The van der Waals surface area contributed by atoms with Crippen LogP contribution in [-0.4, -0.2) is 23.8 Å². The van der Waals surface area contributed by atoms with Crippen LogP contribution >= 0.6 is 0 Å². The summed E-state index contributed by atoms with van der Waals surface area (Å²) in [6.45, 7) is 1.22. The van der Waals surface area contributed by atoms with Crippen molar-refractivity contribution in [1.29, 1.82) is 0 Å². The third-order valence-corrected chi connectivity index (χ3v) is 5.54. The molecule has 2 N–H and O–H groups in total. The Labute approximate surface area is 105 Å². The summed E-state index contributed by atoms with van der Waals surface area (Å²) >= 11 is 0. The SMILES string of the molecule is OC1CCCCCCC1C1NCC2CCCC21. The van der Waals surface area contributed by atoms with E-state index in [0.717, 1.165) is 18.3 Å². The summed E-state index contributed by atoms with van der Waals surface area (Å²) in [5.74, 6) is 2.36. The lowest BCUT2D eigenvalue weighted by molar-refractivity contribution is 0.0548. The van der Waals surface area contributed by atoms with E-state index in [1.54, 1.807) is 0 Å². The molecule has 5 unspecified atom stereocenters. The van der Waals surface area contributed by atoms with Crippen molar-refractivity contribution in [3.63, 3.8) is 0 Å². The van der Waals surface area contributed by atoms with Gasteiger partial charge in [0.15, 0.2) is 0 Å². The van der Waals surface area contributed by atoms with Crippen molar-refractivity contribution in [2.45, 2.75) is 69.9 Å². The molecule has 17 heavy (non-hydrogen) atoms. The number of aliphatic hydroxyl groups excluding tert-OH is 1. The van der Waals surface area contributed by atoms with Gasteiger partial charge in [0, 0.05) is 12.0 Å². The van der Waals surface area contributed by atoms with Crippen LogP contribution in [0.5, 0.6) is 0 Å². The van der Waals surface area contributed by atoms with Gasteiger partial charge in [-0.2, -0.15) is 0 Å². The Bertz CT molecular complexity index is 255.